The maximum atomic E-state index is 12.2. The Kier molecular flexibility index (Phi) is 3.71. The predicted octanol–water partition coefficient (Wildman–Crippen LogP) is 1.79. The largest absolute Gasteiger partial charge is 0.361 e. The first-order chi connectivity index (χ1) is 10.5. The lowest BCUT2D eigenvalue weighted by Gasteiger charge is -2.04. The number of hydrogen-bond donors (Lipinski definition) is 1. The quantitative estimate of drug-likeness (QED) is 0.760. The van der Waals surface area contributed by atoms with Gasteiger partial charge in [0.05, 0.1) is 17.1 Å². The molecule has 1 N–H and O–H groups in total. The van der Waals surface area contributed by atoms with Crippen molar-refractivity contribution in [3.05, 3.63) is 40.0 Å². The van der Waals surface area contributed by atoms with Crippen molar-refractivity contribution in [2.75, 3.05) is 4.72 Å². The summed E-state index contributed by atoms with van der Waals surface area (Å²) in [6.45, 7) is 3.89. The maximum absolute atomic E-state index is 12.2. The van der Waals surface area contributed by atoms with Gasteiger partial charge in [-0.2, -0.15) is 11.3 Å². The Bertz CT molecular complexity index is 880. The number of aryl methyl sites for hydroxylation is 1. The van der Waals surface area contributed by atoms with Crippen molar-refractivity contribution in [1.29, 1.82) is 0 Å². The molecule has 0 aliphatic rings. The summed E-state index contributed by atoms with van der Waals surface area (Å²) in [4.78, 5) is 0.207. The van der Waals surface area contributed by atoms with Crippen LogP contribution in [-0.4, -0.2) is 28.6 Å². The van der Waals surface area contributed by atoms with Crippen molar-refractivity contribution in [3.63, 3.8) is 0 Å². The maximum Gasteiger partial charge on any atom is 0.263 e. The second-order valence-corrected chi connectivity index (χ2v) is 7.14. The fourth-order valence-electron chi connectivity index (χ4n) is 1.84. The molecule has 0 radical (unpaired) electrons. The van der Waals surface area contributed by atoms with Crippen molar-refractivity contribution in [1.82, 2.24) is 20.2 Å². The van der Waals surface area contributed by atoms with Crippen LogP contribution < -0.4 is 4.72 Å². The van der Waals surface area contributed by atoms with Gasteiger partial charge < -0.3 is 4.52 Å². The van der Waals surface area contributed by atoms with E-state index >= 15 is 0 Å². The SMILES string of the molecule is Cc1cc(Cn2nnc(NS(=O)(=O)c3ccsc3)c2C)no1. The van der Waals surface area contributed by atoms with Crippen LogP contribution in [0, 0.1) is 13.8 Å². The zero-order valence-electron chi connectivity index (χ0n) is 11.8. The van der Waals surface area contributed by atoms with Crippen LogP contribution in [0.25, 0.3) is 0 Å². The van der Waals surface area contributed by atoms with Crippen LogP contribution in [0.3, 0.4) is 0 Å². The number of hydrogen-bond acceptors (Lipinski definition) is 7. The molecule has 0 unspecified atom stereocenters. The van der Waals surface area contributed by atoms with Gasteiger partial charge in [-0.05, 0) is 25.3 Å². The van der Waals surface area contributed by atoms with Crippen LogP contribution in [0.5, 0.6) is 0 Å². The molecular formula is C12H13N5O3S2. The monoisotopic (exact) mass is 339 g/mol. The summed E-state index contributed by atoms with van der Waals surface area (Å²) < 4.78 is 33.3. The van der Waals surface area contributed by atoms with Crippen LogP contribution in [0.1, 0.15) is 17.1 Å². The first-order valence-corrected chi connectivity index (χ1v) is 8.75. The summed E-state index contributed by atoms with van der Waals surface area (Å²) in [6.07, 6.45) is 0. The van der Waals surface area contributed by atoms with Gasteiger partial charge in [0.15, 0.2) is 5.82 Å². The average Bonchev–Trinajstić information content (AvgIpc) is 3.17. The van der Waals surface area contributed by atoms with Crippen LogP contribution in [0.4, 0.5) is 5.82 Å². The molecule has 0 fully saturated rings. The fraction of sp³-hybridized carbons (Fsp3) is 0.250. The van der Waals surface area contributed by atoms with Crippen LogP contribution >= 0.6 is 11.3 Å². The molecular weight excluding hydrogens is 326 g/mol. The molecule has 3 rings (SSSR count). The number of aromatic nitrogens is 4. The van der Waals surface area contributed by atoms with Gasteiger partial charge in [0.1, 0.15) is 11.5 Å². The second-order valence-electron chi connectivity index (χ2n) is 4.67. The molecule has 22 heavy (non-hydrogen) atoms. The Morgan fingerprint density at radius 3 is 2.86 bits per heavy atom. The van der Waals surface area contributed by atoms with Gasteiger partial charge in [-0.25, -0.2) is 13.1 Å². The molecule has 116 valence electrons. The zero-order chi connectivity index (χ0) is 15.7. The molecule has 0 aromatic carbocycles. The van der Waals surface area contributed by atoms with Gasteiger partial charge in [-0.1, -0.05) is 10.4 Å². The summed E-state index contributed by atoms with van der Waals surface area (Å²) in [5.41, 5.74) is 1.29. The molecule has 0 saturated carbocycles. The summed E-state index contributed by atoms with van der Waals surface area (Å²) in [5, 5.41) is 15.0. The molecule has 3 aromatic heterocycles. The first kappa shape index (κ1) is 14.7. The molecule has 3 heterocycles. The second kappa shape index (κ2) is 5.54. The molecule has 0 amide bonds. The van der Waals surface area contributed by atoms with Crippen LogP contribution in [0.15, 0.2) is 32.3 Å². The van der Waals surface area contributed by atoms with E-state index in [1.165, 1.54) is 17.4 Å². The van der Waals surface area contributed by atoms with Gasteiger partial charge in [0, 0.05) is 11.4 Å². The number of anilines is 1. The highest BCUT2D eigenvalue weighted by Crippen LogP contribution is 2.19. The smallest absolute Gasteiger partial charge is 0.263 e. The number of thiophene rings is 1. The summed E-state index contributed by atoms with van der Waals surface area (Å²) in [7, 11) is -3.64. The van der Waals surface area contributed by atoms with Crippen LogP contribution in [-0.2, 0) is 16.6 Å². The van der Waals surface area contributed by atoms with E-state index < -0.39 is 10.0 Å². The van der Waals surface area contributed by atoms with Gasteiger partial charge in [-0.3, -0.25) is 4.72 Å². The Hall–Kier alpha value is -2.20. The van der Waals surface area contributed by atoms with Crippen molar-refractivity contribution >= 4 is 27.2 Å². The molecule has 0 aliphatic heterocycles. The molecule has 0 spiro atoms. The van der Waals surface area contributed by atoms with Crippen molar-refractivity contribution < 1.29 is 12.9 Å². The lowest BCUT2D eigenvalue weighted by molar-refractivity contribution is 0.387. The predicted molar refractivity (Wildman–Crippen MR) is 80.2 cm³/mol. The normalized spacial score (nSPS) is 11.7. The Labute approximate surface area is 130 Å². The highest BCUT2D eigenvalue weighted by molar-refractivity contribution is 7.92. The van der Waals surface area contributed by atoms with E-state index in [0.717, 1.165) is 0 Å². The van der Waals surface area contributed by atoms with Crippen molar-refractivity contribution in [2.45, 2.75) is 25.3 Å². The minimum absolute atomic E-state index is 0.200. The van der Waals surface area contributed by atoms with E-state index in [0.29, 0.717) is 23.7 Å². The van der Waals surface area contributed by atoms with Gasteiger partial charge in [0.2, 0.25) is 0 Å². The van der Waals surface area contributed by atoms with Gasteiger partial charge >= 0.3 is 0 Å². The van der Waals surface area contributed by atoms with E-state index in [1.807, 2.05) is 0 Å². The molecule has 10 heteroatoms. The van der Waals surface area contributed by atoms with Gasteiger partial charge in [0.25, 0.3) is 10.0 Å². The Morgan fingerprint density at radius 1 is 1.41 bits per heavy atom. The summed E-state index contributed by atoms with van der Waals surface area (Å²) in [5.74, 6) is 0.901. The lowest BCUT2D eigenvalue weighted by Crippen LogP contribution is -2.13. The number of nitrogens with one attached hydrogen (secondary N) is 1. The van der Waals surface area contributed by atoms with E-state index in [4.69, 9.17) is 4.52 Å². The number of nitrogens with zero attached hydrogens (tertiary/aromatic N) is 4. The minimum atomic E-state index is -3.64. The molecule has 0 aliphatic carbocycles. The number of sulfonamides is 1. The highest BCUT2D eigenvalue weighted by atomic mass is 32.2. The third kappa shape index (κ3) is 2.88. The molecule has 0 saturated heterocycles. The number of rotatable bonds is 5. The van der Waals surface area contributed by atoms with E-state index in [1.54, 1.807) is 35.4 Å². The standard InChI is InChI=1S/C12H13N5O3S2/c1-8-5-10(14-20-8)6-17-9(2)12(13-16-17)15-22(18,19)11-3-4-21-7-11/h3-5,7,15H,6H2,1-2H3. The zero-order valence-corrected chi connectivity index (χ0v) is 13.5. The average molecular weight is 339 g/mol. The van der Waals surface area contributed by atoms with E-state index in [9.17, 15) is 8.42 Å². The summed E-state index contributed by atoms with van der Waals surface area (Å²) in [6, 6.07) is 3.32. The third-order valence-electron chi connectivity index (χ3n) is 3.01. The third-order valence-corrected chi connectivity index (χ3v) is 5.18. The van der Waals surface area contributed by atoms with E-state index in [2.05, 4.69) is 20.2 Å². The molecule has 0 atom stereocenters. The Morgan fingerprint density at radius 2 is 2.23 bits per heavy atom. The first-order valence-electron chi connectivity index (χ1n) is 6.33. The molecule has 8 nitrogen and oxygen atoms in total. The summed E-state index contributed by atoms with van der Waals surface area (Å²) >= 11 is 1.31. The lowest BCUT2D eigenvalue weighted by atomic mass is 10.3. The molecule has 3 aromatic rings. The van der Waals surface area contributed by atoms with Crippen molar-refractivity contribution in [2.24, 2.45) is 0 Å². The van der Waals surface area contributed by atoms with Gasteiger partial charge in [-0.15, -0.1) is 5.10 Å². The fourth-order valence-corrected chi connectivity index (χ4v) is 3.93. The van der Waals surface area contributed by atoms with E-state index in [-0.39, 0.29) is 10.7 Å². The molecule has 0 bridgehead atoms. The Balaban J connectivity index is 1.82. The highest BCUT2D eigenvalue weighted by Gasteiger charge is 2.19. The van der Waals surface area contributed by atoms with Crippen LogP contribution in [0.2, 0.25) is 0 Å². The topological polar surface area (TPSA) is 103 Å². The minimum Gasteiger partial charge on any atom is -0.361 e. The van der Waals surface area contributed by atoms with Crippen molar-refractivity contribution in [3.8, 4) is 0 Å².